The van der Waals surface area contributed by atoms with Crippen LogP contribution < -0.4 is 16.0 Å². The first-order valence-electron chi connectivity index (χ1n) is 8.39. The summed E-state index contributed by atoms with van der Waals surface area (Å²) in [5.41, 5.74) is 0.630. The topological polar surface area (TPSA) is 85.8 Å². The first kappa shape index (κ1) is 20.2. The van der Waals surface area contributed by atoms with Gasteiger partial charge in [-0.2, -0.15) is 0 Å². The summed E-state index contributed by atoms with van der Waals surface area (Å²) in [6.07, 6.45) is -0.694. The highest BCUT2D eigenvalue weighted by Gasteiger charge is 2.10. The number of nitrogens with zero attached hydrogens (tertiary/aromatic N) is 1. The molecule has 0 saturated carbocycles. The van der Waals surface area contributed by atoms with E-state index in [2.05, 4.69) is 20.9 Å². The highest BCUT2D eigenvalue weighted by atomic mass is 35.5. The van der Waals surface area contributed by atoms with Crippen LogP contribution in [0.3, 0.4) is 0 Å². The molecule has 1 atom stereocenters. The number of benzene rings is 1. The summed E-state index contributed by atoms with van der Waals surface area (Å²) in [6.45, 7) is 3.86. The Hall–Kier alpha value is -2.09. The lowest BCUT2D eigenvalue weighted by atomic mass is 10.2. The molecule has 1 aromatic carbocycles. The van der Waals surface area contributed by atoms with Gasteiger partial charge in [0.25, 0.3) is 5.91 Å². The van der Waals surface area contributed by atoms with E-state index >= 15 is 0 Å². The van der Waals surface area contributed by atoms with Crippen molar-refractivity contribution < 1.29 is 9.90 Å². The van der Waals surface area contributed by atoms with E-state index in [-0.39, 0.29) is 12.5 Å². The molecule has 0 bridgehead atoms. The maximum atomic E-state index is 12.0. The summed E-state index contributed by atoms with van der Waals surface area (Å²) in [5.74, 6) is 0.475. The second kappa shape index (κ2) is 10.8. The predicted octanol–water partition coefficient (Wildman–Crippen LogP) is 2.42. The van der Waals surface area contributed by atoms with E-state index < -0.39 is 6.10 Å². The average Bonchev–Trinajstić information content (AvgIpc) is 3.09. The molecule has 0 saturated heterocycles. The zero-order valence-corrected chi connectivity index (χ0v) is 16.1. The van der Waals surface area contributed by atoms with Gasteiger partial charge in [-0.25, -0.2) is 0 Å². The summed E-state index contributed by atoms with van der Waals surface area (Å²) >= 11 is 7.22. The molecule has 4 N–H and O–H groups in total. The number of halogens is 1. The van der Waals surface area contributed by atoms with Gasteiger partial charge in [0.15, 0.2) is 5.96 Å². The molecular weight excluding hydrogens is 372 g/mol. The number of thiophene rings is 1. The number of guanidine groups is 1. The van der Waals surface area contributed by atoms with Crippen LogP contribution in [0.2, 0.25) is 4.34 Å². The highest BCUT2D eigenvalue weighted by molar-refractivity contribution is 7.16. The lowest BCUT2D eigenvalue weighted by molar-refractivity contribution is 0.0954. The van der Waals surface area contributed by atoms with E-state index in [9.17, 15) is 9.90 Å². The highest BCUT2D eigenvalue weighted by Crippen LogP contribution is 2.26. The predicted molar refractivity (Wildman–Crippen MR) is 107 cm³/mol. The molecule has 8 heteroatoms. The molecule has 6 nitrogen and oxygen atoms in total. The lowest BCUT2D eigenvalue weighted by Crippen LogP contribution is -2.41. The van der Waals surface area contributed by atoms with Crippen molar-refractivity contribution >= 4 is 34.8 Å². The first-order chi connectivity index (χ1) is 12.6. The van der Waals surface area contributed by atoms with Crippen molar-refractivity contribution in [2.75, 3.05) is 26.2 Å². The third-order valence-corrected chi connectivity index (χ3v) is 4.76. The van der Waals surface area contributed by atoms with E-state index in [0.29, 0.717) is 35.5 Å². The number of aliphatic imine (C=N–C) groups is 1. The largest absolute Gasteiger partial charge is 0.386 e. The third kappa shape index (κ3) is 6.67. The summed E-state index contributed by atoms with van der Waals surface area (Å²) < 4.78 is 0.641. The zero-order chi connectivity index (χ0) is 18.8. The molecule has 2 rings (SSSR count). The Balaban J connectivity index is 1.77. The number of aliphatic hydroxyl groups excluding tert-OH is 1. The fourth-order valence-electron chi connectivity index (χ4n) is 2.17. The first-order valence-corrected chi connectivity index (χ1v) is 9.58. The maximum absolute atomic E-state index is 12.0. The molecule has 140 valence electrons. The molecule has 2 aromatic rings. The molecule has 0 aliphatic heterocycles. The SMILES string of the molecule is CCNC(=NCC(O)c1ccc(Cl)s1)NCCNC(=O)c1ccccc1. The second-order valence-corrected chi connectivity index (χ2v) is 7.17. The van der Waals surface area contributed by atoms with Crippen molar-refractivity contribution in [3.05, 3.63) is 57.2 Å². The lowest BCUT2D eigenvalue weighted by Gasteiger charge is -2.13. The number of amides is 1. The number of aliphatic hydroxyl groups is 1. The minimum Gasteiger partial charge on any atom is -0.386 e. The van der Waals surface area contributed by atoms with Crippen LogP contribution in [0.4, 0.5) is 0 Å². The Morgan fingerprint density at radius 1 is 1.15 bits per heavy atom. The zero-order valence-electron chi connectivity index (χ0n) is 14.5. The molecule has 1 amide bonds. The normalized spacial score (nSPS) is 12.5. The van der Waals surface area contributed by atoms with E-state index in [4.69, 9.17) is 11.6 Å². The van der Waals surface area contributed by atoms with Crippen LogP contribution in [0.15, 0.2) is 47.5 Å². The van der Waals surface area contributed by atoms with Crippen molar-refractivity contribution in [1.82, 2.24) is 16.0 Å². The van der Waals surface area contributed by atoms with E-state index in [1.807, 2.05) is 25.1 Å². The van der Waals surface area contributed by atoms with Gasteiger partial charge in [0.05, 0.1) is 10.9 Å². The monoisotopic (exact) mass is 394 g/mol. The summed E-state index contributed by atoms with van der Waals surface area (Å²) in [5, 5.41) is 19.2. The molecule has 0 aliphatic rings. The van der Waals surface area contributed by atoms with E-state index in [1.165, 1.54) is 11.3 Å². The van der Waals surface area contributed by atoms with Crippen LogP contribution in [-0.4, -0.2) is 43.2 Å². The fourth-order valence-corrected chi connectivity index (χ4v) is 3.20. The van der Waals surface area contributed by atoms with Crippen molar-refractivity contribution in [3.63, 3.8) is 0 Å². The van der Waals surface area contributed by atoms with Gasteiger partial charge in [0.2, 0.25) is 0 Å². The van der Waals surface area contributed by atoms with Gasteiger partial charge in [-0.05, 0) is 31.2 Å². The van der Waals surface area contributed by atoms with Gasteiger partial charge in [-0.15, -0.1) is 11.3 Å². The molecule has 26 heavy (non-hydrogen) atoms. The summed E-state index contributed by atoms with van der Waals surface area (Å²) in [4.78, 5) is 17.1. The molecule has 0 spiro atoms. The molecule has 1 aromatic heterocycles. The Labute approximate surface area is 162 Å². The second-order valence-electron chi connectivity index (χ2n) is 5.43. The Bertz CT molecular complexity index is 721. The maximum Gasteiger partial charge on any atom is 0.251 e. The van der Waals surface area contributed by atoms with Crippen LogP contribution >= 0.6 is 22.9 Å². The molecule has 1 heterocycles. The minimum atomic E-state index is -0.694. The van der Waals surface area contributed by atoms with Gasteiger partial charge >= 0.3 is 0 Å². The van der Waals surface area contributed by atoms with Crippen LogP contribution in [-0.2, 0) is 0 Å². The number of carbonyl (C=O) groups is 1. The number of hydrogen-bond donors (Lipinski definition) is 4. The smallest absolute Gasteiger partial charge is 0.251 e. The van der Waals surface area contributed by atoms with Gasteiger partial charge in [-0.3, -0.25) is 9.79 Å². The number of nitrogens with one attached hydrogen (secondary N) is 3. The quantitative estimate of drug-likeness (QED) is 0.314. The Kier molecular flexibility index (Phi) is 8.40. The molecule has 0 aliphatic carbocycles. The average molecular weight is 395 g/mol. The van der Waals surface area contributed by atoms with Gasteiger partial charge in [-0.1, -0.05) is 29.8 Å². The van der Waals surface area contributed by atoms with Crippen molar-refractivity contribution in [2.45, 2.75) is 13.0 Å². The standard InChI is InChI=1S/C18H23ClN4O2S/c1-2-20-18(23-12-14(24)15-8-9-16(19)26-15)22-11-10-21-17(25)13-6-4-3-5-7-13/h3-9,14,24H,2,10-12H2,1H3,(H,21,25)(H2,20,22,23). The van der Waals surface area contributed by atoms with Crippen LogP contribution in [0, 0.1) is 0 Å². The summed E-state index contributed by atoms with van der Waals surface area (Å²) in [7, 11) is 0. The molecule has 1 unspecified atom stereocenters. The number of carbonyl (C=O) groups excluding carboxylic acids is 1. The molecule has 0 radical (unpaired) electrons. The summed E-state index contributed by atoms with van der Waals surface area (Å²) in [6, 6.07) is 12.6. The Morgan fingerprint density at radius 3 is 2.54 bits per heavy atom. The van der Waals surface area contributed by atoms with Crippen LogP contribution in [0.1, 0.15) is 28.3 Å². The van der Waals surface area contributed by atoms with Crippen molar-refractivity contribution in [1.29, 1.82) is 0 Å². The minimum absolute atomic E-state index is 0.112. The van der Waals surface area contributed by atoms with Gasteiger partial charge in [0, 0.05) is 30.1 Å². The third-order valence-electron chi connectivity index (χ3n) is 3.43. The van der Waals surface area contributed by atoms with E-state index in [0.717, 1.165) is 4.88 Å². The molecule has 0 fully saturated rings. The molecular formula is C18H23ClN4O2S. The van der Waals surface area contributed by atoms with Gasteiger partial charge < -0.3 is 21.1 Å². The van der Waals surface area contributed by atoms with Crippen molar-refractivity contribution in [3.8, 4) is 0 Å². The van der Waals surface area contributed by atoms with Gasteiger partial charge in [0.1, 0.15) is 6.10 Å². The number of hydrogen-bond acceptors (Lipinski definition) is 4. The number of rotatable bonds is 8. The Morgan fingerprint density at radius 2 is 1.88 bits per heavy atom. The van der Waals surface area contributed by atoms with E-state index in [1.54, 1.807) is 24.3 Å². The van der Waals surface area contributed by atoms with Crippen LogP contribution in [0.25, 0.3) is 0 Å². The van der Waals surface area contributed by atoms with Crippen LogP contribution in [0.5, 0.6) is 0 Å². The van der Waals surface area contributed by atoms with Crippen molar-refractivity contribution in [2.24, 2.45) is 4.99 Å². The fraction of sp³-hybridized carbons (Fsp3) is 0.333.